The van der Waals surface area contributed by atoms with Crippen molar-refractivity contribution in [2.75, 3.05) is 18.8 Å². The van der Waals surface area contributed by atoms with Gasteiger partial charge < -0.3 is 15.7 Å². The lowest BCUT2D eigenvalue weighted by molar-refractivity contribution is 0.0743. The zero-order valence-corrected chi connectivity index (χ0v) is 10.6. The fraction of sp³-hybridized carbons (Fsp3) is 0.462. The predicted octanol–water partition coefficient (Wildman–Crippen LogP) is 2.09. The van der Waals surface area contributed by atoms with E-state index in [1.165, 1.54) is 0 Å². The number of hydrogen-bond acceptors (Lipinski definition) is 3. The fourth-order valence-electron chi connectivity index (χ4n) is 1.70. The zero-order chi connectivity index (χ0) is 13.0. The normalized spacial score (nSPS) is 10.6. The van der Waals surface area contributed by atoms with Crippen LogP contribution in [0.4, 0.5) is 5.69 Å². The van der Waals surface area contributed by atoms with Crippen LogP contribution in [-0.4, -0.2) is 29.0 Å². The Labute approximate surface area is 102 Å². The molecule has 0 heterocycles. The predicted molar refractivity (Wildman–Crippen MR) is 68.9 cm³/mol. The summed E-state index contributed by atoms with van der Waals surface area (Å²) in [7, 11) is 0. The first-order valence-electron chi connectivity index (χ1n) is 5.84. The number of phenols is 1. The Kier molecular flexibility index (Phi) is 4.37. The first-order valence-corrected chi connectivity index (χ1v) is 5.84. The summed E-state index contributed by atoms with van der Waals surface area (Å²) < 4.78 is 0. The molecule has 4 heteroatoms. The SMILES string of the molecule is CCN(CC(C)C)C(=O)c1cccc(N)c1O. The molecule has 17 heavy (non-hydrogen) atoms. The van der Waals surface area contributed by atoms with Crippen molar-refractivity contribution in [3.63, 3.8) is 0 Å². The monoisotopic (exact) mass is 236 g/mol. The number of anilines is 1. The summed E-state index contributed by atoms with van der Waals surface area (Å²) in [6.45, 7) is 7.31. The van der Waals surface area contributed by atoms with Gasteiger partial charge in [0.1, 0.15) is 0 Å². The number of hydrogen-bond donors (Lipinski definition) is 2. The number of nitrogen functional groups attached to an aromatic ring is 1. The summed E-state index contributed by atoms with van der Waals surface area (Å²) >= 11 is 0. The second-order valence-corrected chi connectivity index (χ2v) is 4.48. The van der Waals surface area contributed by atoms with Gasteiger partial charge in [-0.2, -0.15) is 0 Å². The van der Waals surface area contributed by atoms with Gasteiger partial charge in [0, 0.05) is 13.1 Å². The second-order valence-electron chi connectivity index (χ2n) is 4.48. The van der Waals surface area contributed by atoms with Crippen LogP contribution in [0.25, 0.3) is 0 Å². The van der Waals surface area contributed by atoms with Gasteiger partial charge in [-0.25, -0.2) is 0 Å². The van der Waals surface area contributed by atoms with Crippen LogP contribution in [0.1, 0.15) is 31.1 Å². The van der Waals surface area contributed by atoms with Crippen molar-refractivity contribution < 1.29 is 9.90 Å². The van der Waals surface area contributed by atoms with Gasteiger partial charge in [0.25, 0.3) is 5.91 Å². The average molecular weight is 236 g/mol. The summed E-state index contributed by atoms with van der Waals surface area (Å²) in [6.07, 6.45) is 0. The molecule has 0 atom stereocenters. The molecule has 1 aromatic carbocycles. The lowest BCUT2D eigenvalue weighted by Crippen LogP contribution is -2.34. The van der Waals surface area contributed by atoms with Crippen LogP contribution < -0.4 is 5.73 Å². The Morgan fingerprint density at radius 2 is 2.12 bits per heavy atom. The largest absolute Gasteiger partial charge is 0.505 e. The van der Waals surface area contributed by atoms with Gasteiger partial charge in [0.05, 0.1) is 11.3 Å². The Morgan fingerprint density at radius 1 is 1.47 bits per heavy atom. The third-order valence-corrected chi connectivity index (χ3v) is 2.55. The van der Waals surface area contributed by atoms with E-state index in [1.807, 2.05) is 6.92 Å². The maximum Gasteiger partial charge on any atom is 0.257 e. The third-order valence-electron chi connectivity index (χ3n) is 2.55. The Balaban J connectivity index is 2.98. The standard InChI is InChI=1S/C13H20N2O2/c1-4-15(8-9(2)3)13(17)10-6-5-7-11(14)12(10)16/h5-7,9,16H,4,8,14H2,1-3H3. The van der Waals surface area contributed by atoms with Crippen molar-refractivity contribution >= 4 is 11.6 Å². The van der Waals surface area contributed by atoms with E-state index in [2.05, 4.69) is 13.8 Å². The Morgan fingerprint density at radius 3 is 2.65 bits per heavy atom. The molecule has 0 bridgehead atoms. The number of rotatable bonds is 4. The minimum atomic E-state index is -0.175. The summed E-state index contributed by atoms with van der Waals surface area (Å²) in [5.74, 6) is 0.0906. The van der Waals surface area contributed by atoms with Gasteiger partial charge in [-0.3, -0.25) is 4.79 Å². The molecule has 0 aliphatic rings. The molecule has 3 N–H and O–H groups in total. The van der Waals surface area contributed by atoms with E-state index in [0.717, 1.165) is 0 Å². The third kappa shape index (κ3) is 3.12. The molecule has 0 saturated carbocycles. The van der Waals surface area contributed by atoms with Crippen LogP contribution in [0.5, 0.6) is 5.75 Å². The number of phenolic OH excluding ortho intramolecular Hbond substituents is 1. The van der Waals surface area contributed by atoms with E-state index in [9.17, 15) is 9.90 Å². The lowest BCUT2D eigenvalue weighted by atomic mass is 10.1. The molecule has 1 rings (SSSR count). The highest BCUT2D eigenvalue weighted by Crippen LogP contribution is 2.25. The summed E-state index contributed by atoms with van der Waals surface area (Å²) in [4.78, 5) is 13.9. The minimum absolute atomic E-state index is 0.125. The lowest BCUT2D eigenvalue weighted by Gasteiger charge is -2.23. The molecule has 1 amide bonds. The van der Waals surface area contributed by atoms with Crippen LogP contribution in [-0.2, 0) is 0 Å². The highest BCUT2D eigenvalue weighted by molar-refractivity contribution is 5.98. The van der Waals surface area contributed by atoms with Gasteiger partial charge >= 0.3 is 0 Å². The minimum Gasteiger partial charge on any atom is -0.505 e. The quantitative estimate of drug-likeness (QED) is 0.621. The van der Waals surface area contributed by atoms with E-state index in [0.29, 0.717) is 19.0 Å². The highest BCUT2D eigenvalue weighted by atomic mass is 16.3. The van der Waals surface area contributed by atoms with Crippen LogP contribution in [0, 0.1) is 5.92 Å². The van der Waals surface area contributed by atoms with E-state index >= 15 is 0 Å². The summed E-state index contributed by atoms with van der Waals surface area (Å²) in [5, 5.41) is 9.77. The van der Waals surface area contributed by atoms with Crippen LogP contribution in [0.15, 0.2) is 18.2 Å². The molecule has 0 aromatic heterocycles. The van der Waals surface area contributed by atoms with Crippen molar-refractivity contribution in [3.05, 3.63) is 23.8 Å². The molecule has 4 nitrogen and oxygen atoms in total. The highest BCUT2D eigenvalue weighted by Gasteiger charge is 2.19. The van der Waals surface area contributed by atoms with E-state index in [4.69, 9.17) is 5.73 Å². The number of benzene rings is 1. The van der Waals surface area contributed by atoms with Crippen molar-refractivity contribution in [1.29, 1.82) is 0 Å². The molecular weight excluding hydrogens is 216 g/mol. The molecular formula is C13H20N2O2. The Hall–Kier alpha value is -1.71. The molecule has 94 valence electrons. The van der Waals surface area contributed by atoms with E-state index in [1.54, 1.807) is 23.1 Å². The molecule has 0 aliphatic heterocycles. The average Bonchev–Trinajstić information content (AvgIpc) is 2.28. The molecule has 0 aliphatic carbocycles. The number of nitrogens with zero attached hydrogens (tertiary/aromatic N) is 1. The first-order chi connectivity index (χ1) is 7.97. The van der Waals surface area contributed by atoms with Gasteiger partial charge in [-0.1, -0.05) is 19.9 Å². The smallest absolute Gasteiger partial charge is 0.257 e. The van der Waals surface area contributed by atoms with Gasteiger partial charge in [-0.05, 0) is 25.0 Å². The number of carbonyl (C=O) groups excluding carboxylic acids is 1. The number of aromatic hydroxyl groups is 1. The maximum atomic E-state index is 12.2. The second kappa shape index (κ2) is 5.57. The fourth-order valence-corrected chi connectivity index (χ4v) is 1.70. The molecule has 1 aromatic rings. The zero-order valence-electron chi connectivity index (χ0n) is 10.6. The van der Waals surface area contributed by atoms with Gasteiger partial charge in [0.2, 0.25) is 0 Å². The van der Waals surface area contributed by atoms with Crippen LogP contribution in [0.3, 0.4) is 0 Å². The van der Waals surface area contributed by atoms with Crippen molar-refractivity contribution in [3.8, 4) is 5.75 Å². The van der Waals surface area contributed by atoms with Crippen molar-refractivity contribution in [2.45, 2.75) is 20.8 Å². The van der Waals surface area contributed by atoms with Gasteiger partial charge in [0.15, 0.2) is 5.75 Å². The van der Waals surface area contributed by atoms with Crippen LogP contribution in [0.2, 0.25) is 0 Å². The van der Waals surface area contributed by atoms with Crippen molar-refractivity contribution in [1.82, 2.24) is 4.90 Å². The van der Waals surface area contributed by atoms with Gasteiger partial charge in [-0.15, -0.1) is 0 Å². The number of amides is 1. The molecule has 0 radical (unpaired) electrons. The number of para-hydroxylation sites is 1. The number of nitrogens with two attached hydrogens (primary N) is 1. The molecule has 0 unspecified atom stereocenters. The van der Waals surface area contributed by atoms with Crippen LogP contribution >= 0.6 is 0 Å². The number of carbonyl (C=O) groups is 1. The topological polar surface area (TPSA) is 66.6 Å². The Bertz CT molecular complexity index is 402. The van der Waals surface area contributed by atoms with E-state index < -0.39 is 0 Å². The molecule has 0 fully saturated rings. The summed E-state index contributed by atoms with van der Waals surface area (Å²) in [6, 6.07) is 4.84. The summed E-state index contributed by atoms with van der Waals surface area (Å²) in [5.41, 5.74) is 6.08. The maximum absolute atomic E-state index is 12.2. The van der Waals surface area contributed by atoms with Crippen molar-refractivity contribution in [2.24, 2.45) is 5.92 Å². The first kappa shape index (κ1) is 13.4. The molecule has 0 spiro atoms. The van der Waals surface area contributed by atoms with E-state index in [-0.39, 0.29) is 22.9 Å². The molecule has 0 saturated heterocycles.